The fraction of sp³-hybridized carbons (Fsp3) is 0.286. The second-order valence-electron chi connectivity index (χ2n) is 24.0. The molecule has 1 aromatic heterocycles. The number of nitrogens with zero attached hydrogens (tertiary/aromatic N) is 6. The summed E-state index contributed by atoms with van der Waals surface area (Å²) < 4.78 is 96.5. The number of carbonyl (C=O) groups excluding carboxylic acids is 10. The topological polar surface area (TPSA) is 275 Å². The summed E-state index contributed by atoms with van der Waals surface area (Å²) in [4.78, 5) is 127. The molecular weight excluding hydrogens is 1380 g/mol. The lowest BCUT2D eigenvalue weighted by Gasteiger charge is -2.20. The van der Waals surface area contributed by atoms with Crippen LogP contribution in [0.3, 0.4) is 0 Å². The molecule has 5 saturated heterocycles. The van der Waals surface area contributed by atoms with Crippen molar-refractivity contribution in [1.29, 1.82) is 0 Å². The number of aromatic nitrogens is 1. The van der Waals surface area contributed by atoms with E-state index in [9.17, 15) is 75.0 Å². The van der Waals surface area contributed by atoms with Crippen molar-refractivity contribution in [2.75, 3.05) is 40.1 Å². The SMILES string of the molecule is CC#CC(=O)N1C(=O)OC[C@@H]1C(C)C.CC#CC(=O)N1C(=O)OC[C@H]1Cc1ccccc1.CC(C)[C@H]1COC(=O)N1C(=O)/C=C/c1cccnc1.COc1cc(/C=C/C(=O)N2C(=O)OC[C@@H]2Cc2ccccc2)ccc1O.O=C(/C=C/c1c(F)c(F)c(F)c(F)c1F)N1C(=O)OC[C@H]1Cc1ccccc1. The Balaban J connectivity index is 0.000000187. The van der Waals surface area contributed by atoms with E-state index in [2.05, 4.69) is 28.7 Å². The van der Waals surface area contributed by atoms with Crippen molar-refractivity contribution in [3.05, 3.63) is 214 Å². The molecule has 0 bridgehead atoms. The molecule has 105 heavy (non-hydrogen) atoms. The van der Waals surface area contributed by atoms with Gasteiger partial charge in [-0.2, -0.15) is 0 Å². The Morgan fingerprint density at radius 1 is 0.486 bits per heavy atom. The summed E-state index contributed by atoms with van der Waals surface area (Å²) in [6.07, 6.45) is 8.22. The molecule has 0 unspecified atom stereocenters. The van der Waals surface area contributed by atoms with Gasteiger partial charge in [-0.1, -0.05) is 143 Å². The molecule has 5 aliphatic heterocycles. The Morgan fingerprint density at radius 2 is 0.857 bits per heavy atom. The number of aromatic hydroxyl groups is 1. The number of pyridine rings is 1. The number of methoxy groups -OCH3 is 1. The summed E-state index contributed by atoms with van der Waals surface area (Å²) in [5.41, 5.74) is 3.10. The average molecular weight is 1450 g/mol. The summed E-state index contributed by atoms with van der Waals surface area (Å²) in [6, 6.07) is 34.9. The van der Waals surface area contributed by atoms with Crippen LogP contribution in [0.25, 0.3) is 18.2 Å². The van der Waals surface area contributed by atoms with Gasteiger partial charge >= 0.3 is 42.3 Å². The van der Waals surface area contributed by atoms with Gasteiger partial charge < -0.3 is 33.5 Å². The maximum absolute atomic E-state index is 13.7. The third-order valence-corrected chi connectivity index (χ3v) is 16.2. The first kappa shape index (κ1) is 79.9. The van der Waals surface area contributed by atoms with Crippen molar-refractivity contribution in [2.24, 2.45) is 11.8 Å². The second-order valence-corrected chi connectivity index (χ2v) is 24.0. The number of hydrogen-bond acceptors (Lipinski definition) is 18. The van der Waals surface area contributed by atoms with Gasteiger partial charge in [0.05, 0.1) is 42.9 Å². The Hall–Kier alpha value is -12.5. The number of phenols is 1. The molecule has 0 spiro atoms. The van der Waals surface area contributed by atoms with Gasteiger partial charge in [0, 0.05) is 30.6 Å². The van der Waals surface area contributed by atoms with Crippen LogP contribution in [-0.2, 0) is 66.9 Å². The van der Waals surface area contributed by atoms with Crippen molar-refractivity contribution in [3.8, 4) is 35.2 Å². The second kappa shape index (κ2) is 38.5. The smallest absolute Gasteiger partial charge is 0.417 e. The highest BCUT2D eigenvalue weighted by molar-refractivity contribution is 6.05. The summed E-state index contributed by atoms with van der Waals surface area (Å²) in [6.45, 7) is 11.8. The molecule has 5 atom stereocenters. The molecule has 5 aromatic carbocycles. The highest BCUT2D eigenvalue weighted by Crippen LogP contribution is 2.29. The molecule has 548 valence electrons. The van der Waals surface area contributed by atoms with Gasteiger partial charge in [0.2, 0.25) is 5.82 Å². The number of ether oxygens (including phenoxy) is 6. The lowest BCUT2D eigenvalue weighted by atomic mass is 10.0. The molecule has 0 aliphatic carbocycles. The van der Waals surface area contributed by atoms with E-state index in [4.69, 9.17) is 28.4 Å². The Labute approximate surface area is 601 Å². The van der Waals surface area contributed by atoms with Crippen LogP contribution < -0.4 is 4.74 Å². The van der Waals surface area contributed by atoms with Crippen LogP contribution >= 0.6 is 0 Å². The number of hydrogen-bond donors (Lipinski definition) is 1. The summed E-state index contributed by atoms with van der Waals surface area (Å²) in [5, 5.41) is 9.61. The number of carbonyl (C=O) groups is 10. The van der Waals surface area contributed by atoms with Gasteiger partial charge in [-0.15, -0.1) is 0 Å². The van der Waals surface area contributed by atoms with Crippen molar-refractivity contribution < 1.29 is 103 Å². The van der Waals surface area contributed by atoms with E-state index < -0.39 is 94.8 Å². The molecule has 5 aliphatic rings. The standard InChI is InChI=1S/C20H19NO5.C19H12F5NO3.C14H16N2O3.C14H13NO3.C10H13NO3/c1-25-18-12-15(7-9-17(18)22)8-10-19(23)21-16(13-26-20(21)24)11-14-5-3-2-4-6-14;20-14-12(15(21)17(23)18(24)16(14)22)6-7-13(26)25-11(9-28-19(25)27)8-10-4-2-1-3-5-10;1-10(2)12-9-19-14(18)16(12)13(17)6-5-11-4-3-7-15-8-11;1-2-6-13(16)15-12(10-18-14(15)17)9-11-7-4-3-5-8-11;1-4-5-9(12)11-8(7(2)3)6-14-10(11)13/h2-10,12,16,22H,11,13H2,1H3;1-7,11H,8-9H2;3-8,10,12H,9H2,1-2H3;3-5,7-8,12H,9-10H2,1H3;7-8H,6H2,1-3H3/b10-8+;7-6+;6-5+;;/t16-;11-;2*12-;8-/m01111/s1. The highest BCUT2D eigenvalue weighted by Gasteiger charge is 2.42. The van der Waals surface area contributed by atoms with Crippen molar-refractivity contribution in [3.63, 3.8) is 0 Å². The van der Waals surface area contributed by atoms with Gasteiger partial charge in [-0.05, 0) is 121 Å². The van der Waals surface area contributed by atoms with Crippen molar-refractivity contribution in [2.45, 2.75) is 91.0 Å². The number of cyclic esters (lactones) is 5. The van der Waals surface area contributed by atoms with Crippen molar-refractivity contribution >= 4 is 78.2 Å². The van der Waals surface area contributed by atoms with Gasteiger partial charge in [0.25, 0.3) is 17.7 Å². The molecule has 23 nitrogen and oxygen atoms in total. The summed E-state index contributed by atoms with van der Waals surface area (Å²) >= 11 is 0. The van der Waals surface area contributed by atoms with Gasteiger partial charge in [0.15, 0.2) is 34.8 Å². The zero-order valence-electron chi connectivity index (χ0n) is 57.9. The monoisotopic (exact) mass is 1450 g/mol. The predicted molar refractivity (Wildman–Crippen MR) is 369 cm³/mol. The first-order chi connectivity index (χ1) is 50.3. The highest BCUT2D eigenvalue weighted by atomic mass is 19.2. The number of halogens is 5. The lowest BCUT2D eigenvalue weighted by Crippen LogP contribution is -2.41. The molecule has 11 rings (SSSR count). The average Bonchev–Trinajstić information content (AvgIpc) is 1.76. The molecule has 5 fully saturated rings. The van der Waals surface area contributed by atoms with Crippen LogP contribution in [0.4, 0.5) is 45.9 Å². The maximum atomic E-state index is 13.7. The molecule has 1 N–H and O–H groups in total. The van der Waals surface area contributed by atoms with E-state index in [0.717, 1.165) is 41.9 Å². The van der Waals surface area contributed by atoms with E-state index in [-0.39, 0.29) is 87.1 Å². The Morgan fingerprint density at radius 3 is 1.29 bits per heavy atom. The molecule has 28 heteroatoms. The predicted octanol–water partition coefficient (Wildman–Crippen LogP) is 11.7. The minimum atomic E-state index is -2.30. The number of benzene rings is 5. The van der Waals surface area contributed by atoms with Gasteiger partial charge in [-0.3, -0.25) is 29.0 Å². The first-order valence-electron chi connectivity index (χ1n) is 32.6. The Bertz CT molecular complexity index is 4340. The van der Waals surface area contributed by atoms with Crippen molar-refractivity contribution in [1.82, 2.24) is 29.5 Å². The molecule has 0 radical (unpaired) electrons. The quantitative estimate of drug-likeness (QED) is 0.0250. The molecule has 6 aromatic rings. The first-order valence-corrected chi connectivity index (χ1v) is 32.6. The third-order valence-electron chi connectivity index (χ3n) is 16.2. The fourth-order valence-electron chi connectivity index (χ4n) is 10.7. The van der Waals surface area contributed by atoms with E-state index in [0.29, 0.717) is 36.3 Å². The third kappa shape index (κ3) is 21.6. The number of rotatable bonds is 15. The lowest BCUT2D eigenvalue weighted by molar-refractivity contribution is -0.125. The number of amides is 10. The fourth-order valence-corrected chi connectivity index (χ4v) is 10.7. The van der Waals surface area contributed by atoms with E-state index >= 15 is 0 Å². The molecular formula is C77H73F5N6O17. The zero-order chi connectivity index (χ0) is 76.4. The van der Waals surface area contributed by atoms with Gasteiger partial charge in [-0.25, -0.2) is 70.4 Å². The maximum Gasteiger partial charge on any atom is 0.417 e. The van der Waals surface area contributed by atoms with Crippen LogP contribution in [-0.4, -0.2) is 165 Å². The largest absolute Gasteiger partial charge is 0.504 e. The van der Waals surface area contributed by atoms with E-state index in [1.165, 1.54) is 30.2 Å². The minimum absolute atomic E-state index is 0.0158. The van der Waals surface area contributed by atoms with Gasteiger partial charge in [0.1, 0.15) is 33.0 Å². The van der Waals surface area contributed by atoms with E-state index in [1.807, 2.05) is 94.4 Å². The Kier molecular flexibility index (Phi) is 29.3. The summed E-state index contributed by atoms with van der Waals surface area (Å²) in [5.74, 6) is -3.14. The van der Waals surface area contributed by atoms with Crippen LogP contribution in [0.15, 0.2) is 152 Å². The zero-order valence-corrected chi connectivity index (χ0v) is 57.9. The van der Waals surface area contributed by atoms with Crippen LogP contribution in [0.5, 0.6) is 11.5 Å². The molecule has 10 amide bonds. The number of imide groups is 5. The number of phenolic OH excluding ortho intramolecular Hbond substituents is 1. The van der Waals surface area contributed by atoms with Crippen LogP contribution in [0.2, 0.25) is 0 Å². The van der Waals surface area contributed by atoms with Crippen LogP contribution in [0.1, 0.15) is 74.9 Å². The minimum Gasteiger partial charge on any atom is -0.504 e. The summed E-state index contributed by atoms with van der Waals surface area (Å²) in [7, 11) is 1.45. The van der Waals surface area contributed by atoms with Crippen LogP contribution in [0, 0.1) is 64.6 Å². The normalized spacial score (nSPS) is 17.9. The van der Waals surface area contributed by atoms with E-state index in [1.54, 1.807) is 86.9 Å². The molecule has 6 heterocycles. The molecule has 0 saturated carbocycles.